The van der Waals surface area contributed by atoms with Crippen molar-refractivity contribution in [2.24, 2.45) is 11.8 Å². The largest absolute Gasteiger partial charge is 0.384 e. The van der Waals surface area contributed by atoms with Crippen molar-refractivity contribution in [1.29, 1.82) is 0 Å². The monoisotopic (exact) mass is 334 g/mol. The number of hydrogen-bond acceptors (Lipinski definition) is 6. The van der Waals surface area contributed by atoms with Crippen LogP contribution in [0.5, 0.6) is 0 Å². The molecule has 2 bridgehead atoms. The molecule has 1 aromatic rings. The molecule has 4 fully saturated rings. The van der Waals surface area contributed by atoms with Gasteiger partial charge in [-0.1, -0.05) is 11.6 Å². The first kappa shape index (κ1) is 16.5. The zero-order valence-corrected chi connectivity index (χ0v) is 14.8. The average Bonchev–Trinajstić information content (AvgIpc) is 2.80. The van der Waals surface area contributed by atoms with E-state index in [4.69, 9.17) is 9.26 Å². The van der Waals surface area contributed by atoms with Gasteiger partial charge in [0.2, 0.25) is 5.89 Å². The van der Waals surface area contributed by atoms with E-state index in [0.29, 0.717) is 6.61 Å². The Hall–Kier alpha value is -0.980. The summed E-state index contributed by atoms with van der Waals surface area (Å²) in [6.45, 7) is 6.39. The molecule has 4 aliphatic rings. The van der Waals surface area contributed by atoms with Crippen molar-refractivity contribution in [2.75, 3.05) is 39.9 Å². The molecule has 0 unspecified atom stereocenters. The molecule has 1 aliphatic carbocycles. The van der Waals surface area contributed by atoms with Crippen LogP contribution in [0.4, 0.5) is 0 Å². The number of ether oxygens (including phenoxy) is 1. The Balaban J connectivity index is 1.34. The lowest BCUT2D eigenvalue weighted by Crippen LogP contribution is -2.46. The Morgan fingerprint density at radius 1 is 1.17 bits per heavy atom. The van der Waals surface area contributed by atoms with Crippen molar-refractivity contribution in [3.63, 3.8) is 0 Å². The molecule has 6 heteroatoms. The third-order valence-electron chi connectivity index (χ3n) is 6.02. The molecule has 1 aromatic heterocycles. The lowest BCUT2D eigenvalue weighted by Gasteiger charge is -2.40. The van der Waals surface area contributed by atoms with E-state index >= 15 is 0 Å². The molecule has 0 amide bonds. The quantitative estimate of drug-likeness (QED) is 0.760. The van der Waals surface area contributed by atoms with Gasteiger partial charge in [-0.2, -0.15) is 4.98 Å². The molecule has 2 atom stereocenters. The zero-order chi connectivity index (χ0) is 16.4. The van der Waals surface area contributed by atoms with Gasteiger partial charge in [0, 0.05) is 45.8 Å². The van der Waals surface area contributed by atoms with Crippen LogP contribution < -0.4 is 0 Å². The van der Waals surface area contributed by atoms with Gasteiger partial charge in [-0.3, -0.25) is 9.80 Å². The third-order valence-corrected chi connectivity index (χ3v) is 6.02. The summed E-state index contributed by atoms with van der Waals surface area (Å²) in [6.07, 6.45) is 7.80. The minimum atomic E-state index is 0.642. The van der Waals surface area contributed by atoms with E-state index in [1.165, 1.54) is 51.7 Å². The Labute approximate surface area is 144 Å². The van der Waals surface area contributed by atoms with E-state index in [2.05, 4.69) is 19.9 Å². The predicted molar refractivity (Wildman–Crippen MR) is 90.6 cm³/mol. The fraction of sp³-hybridized carbons (Fsp3) is 0.889. The van der Waals surface area contributed by atoms with Crippen molar-refractivity contribution in [1.82, 2.24) is 19.9 Å². The van der Waals surface area contributed by atoms with E-state index in [9.17, 15) is 0 Å². The van der Waals surface area contributed by atoms with Crippen LogP contribution in [0.3, 0.4) is 0 Å². The molecule has 3 saturated heterocycles. The van der Waals surface area contributed by atoms with Gasteiger partial charge >= 0.3 is 0 Å². The summed E-state index contributed by atoms with van der Waals surface area (Å²) in [7, 11) is 1.70. The fourth-order valence-corrected chi connectivity index (χ4v) is 4.48. The summed E-state index contributed by atoms with van der Waals surface area (Å²) in [6, 6.07) is 0.722. The zero-order valence-electron chi connectivity index (χ0n) is 14.8. The third kappa shape index (κ3) is 3.81. The summed E-state index contributed by atoms with van der Waals surface area (Å²) >= 11 is 0. The molecule has 24 heavy (non-hydrogen) atoms. The van der Waals surface area contributed by atoms with Crippen LogP contribution in [0.2, 0.25) is 0 Å². The molecule has 0 radical (unpaired) electrons. The molecular weight excluding hydrogens is 304 g/mol. The number of nitrogens with zero attached hydrogens (tertiary/aromatic N) is 4. The molecule has 0 N–H and O–H groups in total. The SMILES string of the molecule is COCCc1noc(CN2C[C@H]3CC[C@@H](C2)N(CC2CCC2)C3)n1. The highest BCUT2D eigenvalue weighted by molar-refractivity contribution is 4.93. The summed E-state index contributed by atoms with van der Waals surface area (Å²) < 4.78 is 10.5. The summed E-state index contributed by atoms with van der Waals surface area (Å²) in [5, 5.41) is 4.07. The Bertz CT molecular complexity index is 531. The number of hydrogen-bond donors (Lipinski definition) is 0. The second kappa shape index (κ2) is 7.50. The second-order valence-corrected chi connectivity index (χ2v) is 7.89. The first-order chi connectivity index (χ1) is 11.8. The molecule has 1 saturated carbocycles. The highest BCUT2D eigenvalue weighted by atomic mass is 16.5. The lowest BCUT2D eigenvalue weighted by molar-refractivity contribution is 0.0887. The lowest BCUT2D eigenvalue weighted by atomic mass is 9.83. The van der Waals surface area contributed by atoms with Gasteiger partial charge in [0.25, 0.3) is 0 Å². The topological polar surface area (TPSA) is 54.6 Å². The molecule has 4 heterocycles. The van der Waals surface area contributed by atoms with Crippen LogP contribution in [0.15, 0.2) is 4.52 Å². The standard InChI is InChI=1S/C18H30N4O2/c1-23-8-7-17-19-18(24-20-17)13-21-9-15-5-6-16(12-21)22(11-15)10-14-3-2-4-14/h14-16H,2-13H2,1H3/t15-,16+/m1/s1. The Morgan fingerprint density at radius 3 is 2.88 bits per heavy atom. The van der Waals surface area contributed by atoms with Gasteiger partial charge in [-0.25, -0.2) is 0 Å². The number of fused-ring (bicyclic) bond motifs is 4. The first-order valence-corrected chi connectivity index (χ1v) is 9.57. The van der Waals surface area contributed by atoms with E-state index in [1.807, 2.05) is 0 Å². The van der Waals surface area contributed by atoms with Crippen molar-refractivity contribution in [3.8, 4) is 0 Å². The average molecular weight is 334 g/mol. The Morgan fingerprint density at radius 2 is 2.08 bits per heavy atom. The molecule has 3 aliphatic heterocycles. The maximum absolute atomic E-state index is 5.44. The van der Waals surface area contributed by atoms with E-state index < -0.39 is 0 Å². The van der Waals surface area contributed by atoms with E-state index in [-0.39, 0.29) is 0 Å². The van der Waals surface area contributed by atoms with Gasteiger partial charge in [-0.05, 0) is 37.5 Å². The predicted octanol–water partition coefficient (Wildman–Crippen LogP) is 1.95. The van der Waals surface area contributed by atoms with E-state index in [0.717, 1.165) is 49.1 Å². The van der Waals surface area contributed by atoms with Crippen LogP contribution in [-0.4, -0.2) is 65.9 Å². The summed E-state index contributed by atoms with van der Waals surface area (Å²) in [5.41, 5.74) is 0. The summed E-state index contributed by atoms with van der Waals surface area (Å²) in [4.78, 5) is 9.85. The molecule has 134 valence electrons. The van der Waals surface area contributed by atoms with Crippen molar-refractivity contribution in [2.45, 2.75) is 51.1 Å². The number of rotatable bonds is 7. The number of aromatic nitrogens is 2. The van der Waals surface area contributed by atoms with Crippen LogP contribution in [0.1, 0.15) is 43.8 Å². The molecular formula is C18H30N4O2. The molecule has 0 spiro atoms. The van der Waals surface area contributed by atoms with Gasteiger partial charge in [-0.15, -0.1) is 0 Å². The second-order valence-electron chi connectivity index (χ2n) is 7.89. The highest BCUT2D eigenvalue weighted by Crippen LogP contribution is 2.33. The Kier molecular flexibility index (Phi) is 5.15. The maximum Gasteiger partial charge on any atom is 0.240 e. The van der Waals surface area contributed by atoms with Crippen LogP contribution in [0.25, 0.3) is 0 Å². The van der Waals surface area contributed by atoms with Gasteiger partial charge in [0.15, 0.2) is 5.82 Å². The van der Waals surface area contributed by atoms with Gasteiger partial charge < -0.3 is 9.26 Å². The number of methoxy groups -OCH3 is 1. The normalized spacial score (nSPS) is 28.9. The minimum Gasteiger partial charge on any atom is -0.384 e. The highest BCUT2D eigenvalue weighted by Gasteiger charge is 2.36. The number of piperidine rings is 1. The smallest absolute Gasteiger partial charge is 0.240 e. The van der Waals surface area contributed by atoms with Crippen LogP contribution in [-0.2, 0) is 17.7 Å². The van der Waals surface area contributed by atoms with E-state index in [1.54, 1.807) is 7.11 Å². The molecule has 0 aromatic carbocycles. The molecule has 6 nitrogen and oxygen atoms in total. The van der Waals surface area contributed by atoms with Crippen molar-refractivity contribution in [3.05, 3.63) is 11.7 Å². The maximum atomic E-state index is 5.44. The van der Waals surface area contributed by atoms with Crippen LogP contribution >= 0.6 is 0 Å². The van der Waals surface area contributed by atoms with Gasteiger partial charge in [0.1, 0.15) is 0 Å². The summed E-state index contributed by atoms with van der Waals surface area (Å²) in [5.74, 6) is 3.29. The van der Waals surface area contributed by atoms with Crippen LogP contribution in [0, 0.1) is 11.8 Å². The first-order valence-electron chi connectivity index (χ1n) is 9.57. The minimum absolute atomic E-state index is 0.642. The molecule has 5 rings (SSSR count). The van der Waals surface area contributed by atoms with Gasteiger partial charge in [0.05, 0.1) is 13.2 Å². The fourth-order valence-electron chi connectivity index (χ4n) is 4.48. The van der Waals surface area contributed by atoms with Crippen molar-refractivity contribution < 1.29 is 9.26 Å². The van der Waals surface area contributed by atoms with Crippen molar-refractivity contribution >= 4 is 0 Å².